The number of hydrogen-bond acceptors (Lipinski definition) is 17. The lowest BCUT2D eigenvalue weighted by Crippen LogP contribution is -2.56. The number of hydrogen-bond donors (Lipinski definition) is 9. The molecule has 0 aliphatic rings. The third-order valence-corrected chi connectivity index (χ3v) is 5.24. The fourth-order valence-corrected chi connectivity index (χ4v) is 3.53. The van der Waals surface area contributed by atoms with E-state index in [2.05, 4.69) is 12.5 Å². The first-order valence-corrected chi connectivity index (χ1v) is 11.8. The smallest absolute Gasteiger partial charge is 0.394 e. The van der Waals surface area contributed by atoms with E-state index in [1.807, 2.05) is 0 Å². The summed E-state index contributed by atoms with van der Waals surface area (Å²) < 4.78 is 65.8. The Bertz CT molecular complexity index is 921. The lowest BCUT2D eigenvalue weighted by Gasteiger charge is -2.28. The Morgan fingerprint density at radius 1 is 0.886 bits per heavy atom. The summed E-state index contributed by atoms with van der Waals surface area (Å²) in [5, 5.41) is 68.2. The fourth-order valence-electron chi connectivity index (χ4n) is 2.27. The second kappa shape index (κ2) is 14.0. The lowest BCUT2D eigenvalue weighted by molar-refractivity contribution is -0.150. The van der Waals surface area contributed by atoms with E-state index in [9.17, 15) is 56.8 Å². The lowest BCUT2D eigenvalue weighted by atomic mass is 10.0. The summed E-state index contributed by atoms with van der Waals surface area (Å²) in [7, 11) is -11.0. The van der Waals surface area contributed by atoms with Crippen LogP contribution in [0.5, 0.6) is 0 Å². The molecule has 35 heavy (non-hydrogen) atoms. The van der Waals surface area contributed by atoms with Crippen LogP contribution in [0.25, 0.3) is 0 Å². The molecule has 0 rings (SSSR count). The number of rotatable bonds is 16. The van der Waals surface area contributed by atoms with Crippen molar-refractivity contribution in [1.82, 2.24) is 5.32 Å². The van der Waals surface area contributed by atoms with Crippen molar-refractivity contribution < 1.29 is 84.1 Å². The van der Waals surface area contributed by atoms with Crippen molar-refractivity contribution in [2.75, 3.05) is 13.2 Å². The summed E-state index contributed by atoms with van der Waals surface area (Å²) in [4.78, 5) is 34.6. The van der Waals surface area contributed by atoms with E-state index in [-0.39, 0.29) is 0 Å². The zero-order chi connectivity index (χ0) is 27.7. The predicted molar refractivity (Wildman–Crippen MR) is 104 cm³/mol. The van der Waals surface area contributed by atoms with Gasteiger partial charge in [0.1, 0.15) is 36.6 Å². The molecule has 0 saturated carbocycles. The second-order valence-electron chi connectivity index (χ2n) is 6.64. The van der Waals surface area contributed by atoms with Crippen molar-refractivity contribution in [2.45, 2.75) is 55.7 Å². The second-order valence-corrected chi connectivity index (χ2v) is 8.87. The molecule has 21 heteroatoms. The predicted octanol–water partition coefficient (Wildman–Crippen LogP) is -7.16. The van der Waals surface area contributed by atoms with Gasteiger partial charge in [0, 0.05) is 6.92 Å². The van der Waals surface area contributed by atoms with Crippen LogP contribution in [0, 0.1) is 0 Å². The fraction of sp³-hybridized carbons (Fsp3) is 0.786. The van der Waals surface area contributed by atoms with E-state index < -0.39 is 101 Å². The number of aliphatic hydroxyl groups is 7. The Kier molecular flexibility index (Phi) is 13.2. The standard InChI is InChI=1S/C14H25NO18S2/c1-5(19)15-9(13(24)10(21)6(20)2-16)14(25)33-35(29,30)32-8(4-18)12(23)11(22)7(3-17)31-34(26,27)28/h4,6-13,16-17,20-24H,2-3H2,1H3,(H,15,19)(H,26,27,28)/t6-,7-,8+,9+,10-,11-,12-,13-/m1/s1. The molecule has 19 nitrogen and oxygen atoms in total. The summed E-state index contributed by atoms with van der Waals surface area (Å²) in [5.41, 5.74) is 0. The molecular weight excluding hydrogens is 534 g/mol. The minimum Gasteiger partial charge on any atom is -0.394 e. The van der Waals surface area contributed by atoms with Gasteiger partial charge in [0.25, 0.3) is 0 Å². The number of aliphatic hydroxyl groups excluding tert-OH is 7. The molecule has 0 heterocycles. The Morgan fingerprint density at radius 3 is 1.83 bits per heavy atom. The van der Waals surface area contributed by atoms with Crippen molar-refractivity contribution in [2.24, 2.45) is 0 Å². The largest absolute Gasteiger partial charge is 0.452 e. The van der Waals surface area contributed by atoms with Gasteiger partial charge in [-0.05, 0) is 0 Å². The highest BCUT2D eigenvalue weighted by Crippen LogP contribution is 2.15. The summed E-state index contributed by atoms with van der Waals surface area (Å²) in [5.74, 6) is -3.13. The van der Waals surface area contributed by atoms with Crippen LogP contribution in [-0.2, 0) is 47.7 Å². The number of carbonyl (C=O) groups excluding carboxylic acids is 3. The van der Waals surface area contributed by atoms with Gasteiger partial charge < -0.3 is 50.0 Å². The third-order valence-electron chi connectivity index (χ3n) is 3.93. The molecule has 0 saturated heterocycles. The van der Waals surface area contributed by atoms with E-state index in [4.69, 9.17) is 14.8 Å². The van der Waals surface area contributed by atoms with Crippen molar-refractivity contribution >= 4 is 39.0 Å². The molecular formula is C14H25NO18S2. The summed E-state index contributed by atoms with van der Waals surface area (Å²) >= 11 is 0. The number of carbonyl (C=O) groups is 3. The Labute approximate surface area is 197 Å². The monoisotopic (exact) mass is 559 g/mol. The molecule has 0 spiro atoms. The molecule has 0 aromatic rings. The molecule has 0 unspecified atom stereocenters. The van der Waals surface area contributed by atoms with E-state index in [0.717, 1.165) is 6.92 Å². The summed E-state index contributed by atoms with van der Waals surface area (Å²) in [6, 6.07) is -2.39. The Balaban J connectivity index is 5.65. The molecule has 9 N–H and O–H groups in total. The zero-order valence-corrected chi connectivity index (χ0v) is 19.2. The minimum atomic E-state index is -5.68. The normalized spacial score (nSPS) is 19.3. The van der Waals surface area contributed by atoms with Crippen molar-refractivity contribution in [3.05, 3.63) is 0 Å². The van der Waals surface area contributed by atoms with Crippen LogP contribution in [0.3, 0.4) is 0 Å². The first kappa shape index (κ1) is 33.1. The molecule has 8 atom stereocenters. The molecule has 0 fully saturated rings. The highest BCUT2D eigenvalue weighted by molar-refractivity contribution is 7.82. The summed E-state index contributed by atoms with van der Waals surface area (Å²) in [6.07, 6.45) is -17.5. The zero-order valence-electron chi connectivity index (χ0n) is 17.6. The van der Waals surface area contributed by atoms with Gasteiger partial charge in [-0.1, -0.05) is 0 Å². The highest BCUT2D eigenvalue weighted by atomic mass is 32.3. The van der Waals surface area contributed by atoms with Crippen LogP contribution >= 0.6 is 0 Å². The van der Waals surface area contributed by atoms with Gasteiger partial charge in [0.05, 0.1) is 13.2 Å². The maximum absolute atomic E-state index is 12.2. The molecule has 0 radical (unpaired) electrons. The van der Waals surface area contributed by atoms with Gasteiger partial charge in [-0.15, -0.1) is 0 Å². The van der Waals surface area contributed by atoms with E-state index >= 15 is 0 Å². The van der Waals surface area contributed by atoms with Gasteiger partial charge in [0.2, 0.25) is 5.91 Å². The van der Waals surface area contributed by atoms with Gasteiger partial charge in [0.15, 0.2) is 18.4 Å². The molecule has 0 aliphatic heterocycles. The molecule has 0 bridgehead atoms. The van der Waals surface area contributed by atoms with Crippen LogP contribution in [0.2, 0.25) is 0 Å². The van der Waals surface area contributed by atoms with Crippen LogP contribution in [0.15, 0.2) is 0 Å². The molecule has 0 aromatic heterocycles. The van der Waals surface area contributed by atoms with Gasteiger partial charge >= 0.3 is 26.8 Å². The maximum atomic E-state index is 12.2. The van der Waals surface area contributed by atoms with Crippen molar-refractivity contribution in [1.29, 1.82) is 0 Å². The quantitative estimate of drug-likeness (QED) is 0.0626. The average Bonchev–Trinajstić information content (AvgIpc) is 2.75. The highest BCUT2D eigenvalue weighted by Gasteiger charge is 2.42. The molecule has 0 aliphatic carbocycles. The average molecular weight is 559 g/mol. The molecule has 0 aromatic carbocycles. The van der Waals surface area contributed by atoms with Gasteiger partial charge in [-0.25, -0.2) is 13.2 Å². The number of nitrogens with one attached hydrogen (secondary N) is 1. The van der Waals surface area contributed by atoms with E-state index in [1.54, 1.807) is 5.32 Å². The Morgan fingerprint density at radius 2 is 1.43 bits per heavy atom. The molecule has 206 valence electrons. The molecule has 1 amide bonds. The van der Waals surface area contributed by atoms with E-state index in [0.29, 0.717) is 0 Å². The number of aldehydes is 1. The Hall–Kier alpha value is -1.89. The van der Waals surface area contributed by atoms with Crippen LogP contribution < -0.4 is 5.32 Å². The van der Waals surface area contributed by atoms with Gasteiger partial charge in [-0.3, -0.25) is 9.35 Å². The first-order chi connectivity index (χ1) is 15.9. The van der Waals surface area contributed by atoms with Crippen LogP contribution in [-0.4, -0.2) is 137 Å². The van der Waals surface area contributed by atoms with E-state index in [1.165, 1.54) is 0 Å². The SMILES string of the molecule is CC(=O)N[C@H](C(=O)OS(=O)(=O)O[C@@H](C=O)[C@@H](O)[C@H](O)[C@@H](CO)OS(=O)(=O)O)[C@@H](O)[C@H](O)[C@H](O)CO. The first-order valence-electron chi connectivity index (χ1n) is 9.07. The van der Waals surface area contributed by atoms with Crippen molar-refractivity contribution in [3.8, 4) is 0 Å². The maximum Gasteiger partial charge on any atom is 0.452 e. The number of amides is 1. The third kappa shape index (κ3) is 11.1. The van der Waals surface area contributed by atoms with Crippen LogP contribution in [0.4, 0.5) is 0 Å². The van der Waals surface area contributed by atoms with Crippen molar-refractivity contribution in [3.63, 3.8) is 0 Å². The topological polar surface area (TPSA) is 321 Å². The van der Waals surface area contributed by atoms with Crippen LogP contribution in [0.1, 0.15) is 6.92 Å². The van der Waals surface area contributed by atoms with Gasteiger partial charge in [-0.2, -0.15) is 16.8 Å². The summed E-state index contributed by atoms with van der Waals surface area (Å²) in [6.45, 7) is -1.72. The minimum absolute atomic E-state index is 0.470.